The highest BCUT2D eigenvalue weighted by Gasteiger charge is 2.35. The third kappa shape index (κ3) is 6.50. The number of nitrogens with zero attached hydrogens (tertiary/aromatic N) is 1. The maximum absolute atomic E-state index is 12.7. The number of rotatable bonds is 8. The van der Waals surface area contributed by atoms with E-state index in [1.807, 2.05) is 19.9 Å². The number of urea groups is 1. The summed E-state index contributed by atoms with van der Waals surface area (Å²) >= 11 is 0. The lowest BCUT2D eigenvalue weighted by atomic mass is 9.83. The van der Waals surface area contributed by atoms with Gasteiger partial charge < -0.3 is 20.7 Å². The van der Waals surface area contributed by atoms with Crippen LogP contribution in [0.25, 0.3) is 0 Å². The van der Waals surface area contributed by atoms with Crippen LogP contribution < -0.4 is 16.0 Å². The molecule has 1 fully saturated rings. The number of hydrogen-bond acceptors (Lipinski definition) is 4. The van der Waals surface area contributed by atoms with Crippen LogP contribution in [0.3, 0.4) is 0 Å². The zero-order chi connectivity index (χ0) is 19.6. The van der Waals surface area contributed by atoms with Crippen molar-refractivity contribution in [2.45, 2.75) is 65.1 Å². The molecule has 1 aromatic heterocycles. The number of amides is 3. The van der Waals surface area contributed by atoms with Gasteiger partial charge in [0.1, 0.15) is 0 Å². The standard InChI is InChI=1S/C20H32N4O3/c1-4-10-27-18-7-6-15(11-17(18)24-20(26)22-5-2)19(25)23-13-16-8-9-21-12-14(16)3/h8-9,12,15,17-18H,4-7,10-11,13H2,1-3H3,(H,23,25)(H2,22,24,26)/t15-,17+,18+/m0/s1. The average molecular weight is 377 g/mol. The molecule has 7 nitrogen and oxygen atoms in total. The molecule has 3 amide bonds. The Labute approximate surface area is 161 Å². The van der Waals surface area contributed by atoms with Crippen molar-refractivity contribution in [2.75, 3.05) is 13.2 Å². The summed E-state index contributed by atoms with van der Waals surface area (Å²) in [5, 5.41) is 8.77. The van der Waals surface area contributed by atoms with Crippen molar-refractivity contribution in [1.82, 2.24) is 20.9 Å². The van der Waals surface area contributed by atoms with Crippen LogP contribution in [0.2, 0.25) is 0 Å². The van der Waals surface area contributed by atoms with Crippen LogP contribution in [0.4, 0.5) is 4.79 Å². The molecular weight excluding hydrogens is 344 g/mol. The van der Waals surface area contributed by atoms with Gasteiger partial charge in [0.25, 0.3) is 0 Å². The van der Waals surface area contributed by atoms with E-state index in [1.54, 1.807) is 12.4 Å². The van der Waals surface area contributed by atoms with Crippen molar-refractivity contribution in [2.24, 2.45) is 5.92 Å². The van der Waals surface area contributed by atoms with E-state index in [1.165, 1.54) is 0 Å². The smallest absolute Gasteiger partial charge is 0.315 e. The fraction of sp³-hybridized carbons (Fsp3) is 0.650. The molecular formula is C20H32N4O3. The van der Waals surface area contributed by atoms with Crippen molar-refractivity contribution in [1.29, 1.82) is 0 Å². The molecule has 3 atom stereocenters. The largest absolute Gasteiger partial charge is 0.376 e. The molecule has 1 saturated carbocycles. The first-order valence-electron chi connectivity index (χ1n) is 9.88. The summed E-state index contributed by atoms with van der Waals surface area (Å²) in [7, 11) is 0. The second-order valence-electron chi connectivity index (χ2n) is 7.05. The fourth-order valence-electron chi connectivity index (χ4n) is 3.41. The minimum atomic E-state index is -0.207. The molecule has 2 rings (SSSR count). The van der Waals surface area contributed by atoms with Crippen molar-refractivity contribution < 1.29 is 14.3 Å². The zero-order valence-corrected chi connectivity index (χ0v) is 16.6. The predicted octanol–water partition coefficient (Wildman–Crippen LogP) is 2.29. The van der Waals surface area contributed by atoms with Gasteiger partial charge in [0.15, 0.2) is 0 Å². The molecule has 0 radical (unpaired) electrons. The van der Waals surface area contributed by atoms with Crippen LogP contribution in [0, 0.1) is 12.8 Å². The Morgan fingerprint density at radius 2 is 2.07 bits per heavy atom. The molecule has 0 unspecified atom stereocenters. The molecule has 1 aliphatic rings. The van der Waals surface area contributed by atoms with Gasteiger partial charge in [-0.15, -0.1) is 0 Å². The average Bonchev–Trinajstić information content (AvgIpc) is 2.66. The van der Waals surface area contributed by atoms with Gasteiger partial charge in [-0.25, -0.2) is 4.79 Å². The van der Waals surface area contributed by atoms with E-state index in [2.05, 4.69) is 27.9 Å². The Kier molecular flexibility index (Phi) is 8.51. The minimum absolute atomic E-state index is 0.0304. The first-order chi connectivity index (χ1) is 13.0. The molecule has 1 aliphatic carbocycles. The first-order valence-corrected chi connectivity index (χ1v) is 9.88. The van der Waals surface area contributed by atoms with Gasteiger partial charge in [-0.05, 0) is 56.7 Å². The Bertz CT molecular complexity index is 623. The van der Waals surface area contributed by atoms with Crippen LogP contribution in [0.5, 0.6) is 0 Å². The summed E-state index contributed by atoms with van der Waals surface area (Å²) in [6, 6.07) is 1.56. The van der Waals surface area contributed by atoms with Crippen LogP contribution in [-0.4, -0.2) is 42.2 Å². The number of pyridine rings is 1. The normalized spacial score (nSPS) is 22.1. The summed E-state index contributed by atoms with van der Waals surface area (Å²) in [4.78, 5) is 28.7. The lowest BCUT2D eigenvalue weighted by Crippen LogP contribution is -2.52. The number of carbonyl (C=O) groups excluding carboxylic acids is 2. The van der Waals surface area contributed by atoms with Crippen LogP contribution >= 0.6 is 0 Å². The lowest BCUT2D eigenvalue weighted by molar-refractivity contribution is -0.127. The highest BCUT2D eigenvalue weighted by molar-refractivity contribution is 5.79. The number of carbonyl (C=O) groups is 2. The van der Waals surface area contributed by atoms with Crippen LogP contribution in [0.15, 0.2) is 18.5 Å². The molecule has 0 bridgehead atoms. The molecule has 0 aliphatic heterocycles. The number of hydrogen-bond donors (Lipinski definition) is 3. The molecule has 1 aromatic rings. The SMILES string of the molecule is CCCO[C@@H]1CC[C@H](C(=O)NCc2ccncc2C)C[C@H]1NC(=O)NCC. The lowest BCUT2D eigenvalue weighted by Gasteiger charge is -2.36. The molecule has 1 heterocycles. The topological polar surface area (TPSA) is 92.3 Å². The summed E-state index contributed by atoms with van der Waals surface area (Å²) < 4.78 is 5.92. The fourth-order valence-corrected chi connectivity index (χ4v) is 3.41. The monoisotopic (exact) mass is 376 g/mol. The molecule has 0 saturated heterocycles. The molecule has 0 aromatic carbocycles. The highest BCUT2D eigenvalue weighted by Crippen LogP contribution is 2.27. The van der Waals surface area contributed by atoms with Crippen LogP contribution in [0.1, 0.15) is 50.7 Å². The molecule has 0 spiro atoms. The first kappa shape index (κ1) is 21.2. The van der Waals surface area contributed by atoms with E-state index >= 15 is 0 Å². The third-order valence-electron chi connectivity index (χ3n) is 4.94. The maximum Gasteiger partial charge on any atom is 0.315 e. The van der Waals surface area contributed by atoms with E-state index in [-0.39, 0.29) is 30.0 Å². The number of nitrogens with one attached hydrogen (secondary N) is 3. The molecule has 27 heavy (non-hydrogen) atoms. The van der Waals surface area contributed by atoms with Gasteiger partial charge in [0.05, 0.1) is 12.1 Å². The van der Waals surface area contributed by atoms with Crippen molar-refractivity contribution in [3.8, 4) is 0 Å². The van der Waals surface area contributed by atoms with E-state index in [0.717, 1.165) is 30.4 Å². The van der Waals surface area contributed by atoms with E-state index in [9.17, 15) is 9.59 Å². The van der Waals surface area contributed by atoms with Crippen molar-refractivity contribution >= 4 is 11.9 Å². The second-order valence-corrected chi connectivity index (χ2v) is 7.05. The van der Waals surface area contributed by atoms with Crippen LogP contribution in [-0.2, 0) is 16.1 Å². The molecule has 7 heteroatoms. The van der Waals surface area contributed by atoms with E-state index in [4.69, 9.17) is 4.74 Å². The van der Waals surface area contributed by atoms with Crippen molar-refractivity contribution in [3.05, 3.63) is 29.6 Å². The summed E-state index contributed by atoms with van der Waals surface area (Å²) in [5.41, 5.74) is 2.13. The molecule has 150 valence electrons. The van der Waals surface area contributed by atoms with E-state index in [0.29, 0.717) is 26.1 Å². The maximum atomic E-state index is 12.7. The van der Waals surface area contributed by atoms with Gasteiger partial charge in [-0.1, -0.05) is 6.92 Å². The number of aryl methyl sites for hydroxylation is 1. The Balaban J connectivity index is 1.93. The Morgan fingerprint density at radius 3 is 2.78 bits per heavy atom. The van der Waals surface area contributed by atoms with Gasteiger partial charge in [0.2, 0.25) is 5.91 Å². The summed E-state index contributed by atoms with van der Waals surface area (Å²) in [5.74, 6) is -0.0941. The van der Waals surface area contributed by atoms with Gasteiger partial charge >= 0.3 is 6.03 Å². The zero-order valence-electron chi connectivity index (χ0n) is 16.6. The molecule has 3 N–H and O–H groups in total. The Hall–Kier alpha value is -2.15. The van der Waals surface area contributed by atoms with E-state index < -0.39 is 0 Å². The predicted molar refractivity (Wildman–Crippen MR) is 104 cm³/mol. The van der Waals surface area contributed by atoms with Crippen molar-refractivity contribution in [3.63, 3.8) is 0 Å². The second kappa shape index (κ2) is 10.9. The highest BCUT2D eigenvalue weighted by atomic mass is 16.5. The Morgan fingerprint density at radius 1 is 1.26 bits per heavy atom. The third-order valence-corrected chi connectivity index (χ3v) is 4.94. The minimum Gasteiger partial charge on any atom is -0.376 e. The quantitative estimate of drug-likeness (QED) is 0.649. The number of aromatic nitrogens is 1. The number of ether oxygens (including phenoxy) is 1. The van der Waals surface area contributed by atoms with Gasteiger partial charge in [0, 0.05) is 38.0 Å². The summed E-state index contributed by atoms with van der Waals surface area (Å²) in [6.07, 6.45) is 6.54. The summed E-state index contributed by atoms with van der Waals surface area (Å²) in [6.45, 7) is 7.64. The van der Waals surface area contributed by atoms with Gasteiger partial charge in [-0.2, -0.15) is 0 Å². The van der Waals surface area contributed by atoms with Gasteiger partial charge in [-0.3, -0.25) is 9.78 Å².